The second-order valence-corrected chi connectivity index (χ2v) is 6.84. The van der Waals surface area contributed by atoms with Crippen LogP contribution in [0.5, 0.6) is 0 Å². The minimum atomic E-state index is -4.63. The Hall–Kier alpha value is -2.04. The van der Waals surface area contributed by atoms with Crippen LogP contribution in [0.2, 0.25) is 5.02 Å². The average Bonchev–Trinajstić information content (AvgIpc) is 2.99. The highest BCUT2D eigenvalue weighted by Crippen LogP contribution is 2.27. The molecule has 29 heavy (non-hydrogen) atoms. The number of hydrogen-bond acceptors (Lipinski definition) is 5. The van der Waals surface area contributed by atoms with E-state index in [1.807, 2.05) is 0 Å². The molecule has 3 heterocycles. The normalized spacial score (nSPS) is 21.5. The topological polar surface area (TPSA) is 79.8 Å². The summed E-state index contributed by atoms with van der Waals surface area (Å²) < 4.78 is 51.2. The average molecular weight is 454 g/mol. The number of alkyl halides is 4. The number of hydrogen-bond donors (Lipinski definition) is 2. The smallest absolute Gasteiger partial charge is 0.351 e. The number of carbonyl (C=O) groups is 1. The number of halogens is 6. The Kier molecular flexibility index (Phi) is 7.36. The summed E-state index contributed by atoms with van der Waals surface area (Å²) in [6.07, 6.45) is -2.29. The lowest BCUT2D eigenvalue weighted by Gasteiger charge is -2.13. The van der Waals surface area contributed by atoms with Crippen LogP contribution in [0.15, 0.2) is 24.7 Å². The molecule has 0 aliphatic carbocycles. The summed E-state index contributed by atoms with van der Waals surface area (Å²) in [6.45, 7) is 1.72. The molecule has 0 aromatic carbocycles. The number of nitrogens with zero attached hydrogens (tertiary/aromatic N) is 3. The van der Waals surface area contributed by atoms with Gasteiger partial charge in [0.2, 0.25) is 11.7 Å². The van der Waals surface area contributed by atoms with Crippen molar-refractivity contribution in [3.8, 4) is 11.3 Å². The minimum Gasteiger partial charge on any atom is -0.351 e. The maximum Gasteiger partial charge on any atom is 0.451 e. The minimum absolute atomic E-state index is 0. The largest absolute Gasteiger partial charge is 0.451 e. The lowest BCUT2D eigenvalue weighted by atomic mass is 10.1. The van der Waals surface area contributed by atoms with E-state index >= 15 is 0 Å². The van der Waals surface area contributed by atoms with Crippen molar-refractivity contribution in [1.82, 2.24) is 25.6 Å². The molecule has 0 bridgehead atoms. The van der Waals surface area contributed by atoms with Crippen LogP contribution in [0, 0.1) is 0 Å². The van der Waals surface area contributed by atoms with Gasteiger partial charge in [0, 0.05) is 43.2 Å². The standard InChI is InChI=1S/C17H16ClF4N5O.ClH/c1-8-12(19)3-14(27-8)15(28)24-4-9-2-13(23-7-11(9)18)10-5-25-16(26-6-10)17(20,21)22;/h2,5-8,12,14,27H,3-4H2,1H3,(H,24,28);1H. The maximum atomic E-state index is 13.5. The molecule has 3 unspecified atom stereocenters. The molecule has 158 valence electrons. The highest BCUT2D eigenvalue weighted by Gasteiger charge is 2.35. The van der Waals surface area contributed by atoms with E-state index in [9.17, 15) is 22.4 Å². The molecule has 1 amide bonds. The van der Waals surface area contributed by atoms with Crippen LogP contribution >= 0.6 is 24.0 Å². The van der Waals surface area contributed by atoms with Crippen LogP contribution in [-0.4, -0.2) is 39.1 Å². The summed E-state index contributed by atoms with van der Waals surface area (Å²) in [5, 5.41) is 5.81. The molecule has 12 heteroatoms. The summed E-state index contributed by atoms with van der Waals surface area (Å²) in [5.41, 5.74) is 1.07. The molecule has 3 rings (SSSR count). The first kappa shape index (κ1) is 23.2. The Bertz CT molecular complexity index is 856. The predicted molar refractivity (Wildman–Crippen MR) is 100 cm³/mol. The number of nitrogens with one attached hydrogen (secondary N) is 2. The molecule has 1 aliphatic rings. The third-order valence-corrected chi connectivity index (χ3v) is 4.71. The van der Waals surface area contributed by atoms with E-state index in [1.165, 1.54) is 12.3 Å². The van der Waals surface area contributed by atoms with Crippen molar-refractivity contribution in [2.75, 3.05) is 0 Å². The van der Waals surface area contributed by atoms with Gasteiger partial charge >= 0.3 is 6.18 Å². The highest BCUT2D eigenvalue weighted by molar-refractivity contribution is 6.31. The Labute approximate surface area is 174 Å². The van der Waals surface area contributed by atoms with Crippen molar-refractivity contribution < 1.29 is 22.4 Å². The van der Waals surface area contributed by atoms with Gasteiger partial charge in [0.1, 0.15) is 6.17 Å². The van der Waals surface area contributed by atoms with E-state index in [4.69, 9.17) is 11.6 Å². The Morgan fingerprint density at radius 2 is 1.93 bits per heavy atom. The van der Waals surface area contributed by atoms with Gasteiger partial charge in [0.25, 0.3) is 0 Å². The van der Waals surface area contributed by atoms with Gasteiger partial charge in [0.15, 0.2) is 0 Å². The number of amides is 1. The molecular formula is C17H17Cl2F4N5O. The van der Waals surface area contributed by atoms with E-state index in [0.29, 0.717) is 11.3 Å². The molecule has 0 spiro atoms. The van der Waals surface area contributed by atoms with Crippen LogP contribution in [-0.2, 0) is 17.5 Å². The van der Waals surface area contributed by atoms with Crippen LogP contribution in [0.1, 0.15) is 24.7 Å². The fourth-order valence-electron chi connectivity index (χ4n) is 2.79. The number of pyridine rings is 1. The van der Waals surface area contributed by atoms with E-state index in [-0.39, 0.29) is 41.9 Å². The zero-order chi connectivity index (χ0) is 20.5. The lowest BCUT2D eigenvalue weighted by molar-refractivity contribution is -0.145. The second kappa shape index (κ2) is 9.19. The molecule has 0 radical (unpaired) electrons. The molecule has 1 fully saturated rings. The molecule has 0 saturated carbocycles. The monoisotopic (exact) mass is 453 g/mol. The molecule has 2 N–H and O–H groups in total. The van der Waals surface area contributed by atoms with Gasteiger partial charge in [-0.25, -0.2) is 14.4 Å². The zero-order valence-corrected chi connectivity index (χ0v) is 16.6. The van der Waals surface area contributed by atoms with Gasteiger partial charge in [-0.2, -0.15) is 13.2 Å². The van der Waals surface area contributed by atoms with Crippen LogP contribution in [0.25, 0.3) is 11.3 Å². The van der Waals surface area contributed by atoms with Crippen LogP contribution in [0.4, 0.5) is 17.6 Å². The molecule has 3 atom stereocenters. The summed E-state index contributed by atoms with van der Waals surface area (Å²) in [4.78, 5) is 22.8. The number of aromatic nitrogens is 3. The van der Waals surface area contributed by atoms with Crippen molar-refractivity contribution in [3.05, 3.63) is 41.1 Å². The maximum absolute atomic E-state index is 13.5. The third-order valence-electron chi connectivity index (χ3n) is 4.37. The lowest BCUT2D eigenvalue weighted by Crippen LogP contribution is -2.42. The predicted octanol–water partition coefficient (Wildman–Crippen LogP) is 3.34. The summed E-state index contributed by atoms with van der Waals surface area (Å²) >= 11 is 6.09. The SMILES string of the molecule is CC1NC(C(=O)NCc2cc(-c3cnc(C(F)(F)F)nc3)ncc2Cl)CC1F.Cl. The molecular weight excluding hydrogens is 437 g/mol. The quantitative estimate of drug-likeness (QED) is 0.694. The van der Waals surface area contributed by atoms with Gasteiger partial charge in [-0.05, 0) is 18.6 Å². The Balaban J connectivity index is 0.00000300. The van der Waals surface area contributed by atoms with Gasteiger partial charge in [-0.3, -0.25) is 9.78 Å². The number of rotatable bonds is 4. The summed E-state index contributed by atoms with van der Waals surface area (Å²) in [6, 6.07) is 0.497. The fraction of sp³-hybridized carbons (Fsp3) is 0.412. The van der Waals surface area contributed by atoms with Gasteiger partial charge < -0.3 is 10.6 Å². The first-order valence-electron chi connectivity index (χ1n) is 8.37. The van der Waals surface area contributed by atoms with Gasteiger partial charge in [-0.1, -0.05) is 11.6 Å². The van der Waals surface area contributed by atoms with Crippen LogP contribution < -0.4 is 10.6 Å². The first-order chi connectivity index (χ1) is 13.1. The molecule has 6 nitrogen and oxygen atoms in total. The molecule has 2 aromatic rings. The van der Waals surface area contributed by atoms with Gasteiger partial charge in [0.05, 0.1) is 16.8 Å². The first-order valence-corrected chi connectivity index (χ1v) is 8.75. The van der Waals surface area contributed by atoms with Crippen molar-refractivity contribution >= 4 is 29.9 Å². The van der Waals surface area contributed by atoms with E-state index < -0.39 is 30.3 Å². The zero-order valence-electron chi connectivity index (χ0n) is 15.0. The van der Waals surface area contributed by atoms with E-state index in [0.717, 1.165) is 12.4 Å². The second-order valence-electron chi connectivity index (χ2n) is 6.43. The molecule has 2 aromatic heterocycles. The van der Waals surface area contributed by atoms with Crippen molar-refractivity contribution in [1.29, 1.82) is 0 Å². The van der Waals surface area contributed by atoms with Gasteiger partial charge in [-0.15, -0.1) is 12.4 Å². The summed E-state index contributed by atoms with van der Waals surface area (Å²) in [7, 11) is 0. The van der Waals surface area contributed by atoms with Crippen LogP contribution in [0.3, 0.4) is 0 Å². The molecule has 1 aliphatic heterocycles. The van der Waals surface area contributed by atoms with Crippen molar-refractivity contribution in [2.24, 2.45) is 0 Å². The summed E-state index contributed by atoms with van der Waals surface area (Å²) in [5.74, 6) is -1.61. The van der Waals surface area contributed by atoms with Crippen molar-refractivity contribution in [2.45, 2.75) is 44.3 Å². The highest BCUT2D eigenvalue weighted by atomic mass is 35.5. The fourth-order valence-corrected chi connectivity index (χ4v) is 2.96. The van der Waals surface area contributed by atoms with E-state index in [2.05, 4.69) is 25.6 Å². The Morgan fingerprint density at radius 3 is 2.48 bits per heavy atom. The molecule has 1 saturated heterocycles. The van der Waals surface area contributed by atoms with E-state index in [1.54, 1.807) is 6.92 Å². The van der Waals surface area contributed by atoms with Crippen molar-refractivity contribution in [3.63, 3.8) is 0 Å². The Morgan fingerprint density at radius 1 is 1.28 bits per heavy atom. The third kappa shape index (κ3) is 5.52. The number of carbonyl (C=O) groups excluding carboxylic acids is 1.